The van der Waals surface area contributed by atoms with Crippen molar-refractivity contribution < 1.29 is 8.78 Å². The molecule has 1 aromatic carbocycles. The van der Waals surface area contributed by atoms with Crippen molar-refractivity contribution in [3.05, 3.63) is 35.4 Å². The van der Waals surface area contributed by atoms with Crippen LogP contribution in [0.4, 0.5) is 8.78 Å². The zero-order valence-electron chi connectivity index (χ0n) is 12.4. The van der Waals surface area contributed by atoms with Gasteiger partial charge in [0.15, 0.2) is 0 Å². The van der Waals surface area contributed by atoms with Crippen LogP contribution in [-0.2, 0) is 6.42 Å². The van der Waals surface area contributed by atoms with Crippen LogP contribution in [0.3, 0.4) is 0 Å². The van der Waals surface area contributed by atoms with E-state index in [0.29, 0.717) is 17.9 Å². The molecule has 0 spiro atoms. The highest BCUT2D eigenvalue weighted by atomic mass is 19.1. The first kappa shape index (κ1) is 16.1. The maximum absolute atomic E-state index is 13.7. The molecule has 0 aliphatic carbocycles. The lowest BCUT2D eigenvalue weighted by molar-refractivity contribution is 0.281. The molecule has 1 atom stereocenters. The van der Waals surface area contributed by atoms with Crippen LogP contribution in [0.15, 0.2) is 18.2 Å². The van der Waals surface area contributed by atoms with Gasteiger partial charge in [-0.25, -0.2) is 8.78 Å². The third kappa shape index (κ3) is 5.27. The van der Waals surface area contributed by atoms with E-state index in [4.69, 9.17) is 0 Å². The van der Waals surface area contributed by atoms with E-state index in [1.54, 1.807) is 6.07 Å². The smallest absolute Gasteiger partial charge is 0.129 e. The predicted octanol–water partition coefficient (Wildman–Crippen LogP) is 4.17. The van der Waals surface area contributed by atoms with Gasteiger partial charge in [0.1, 0.15) is 11.6 Å². The Kier molecular flexibility index (Phi) is 5.92. The fourth-order valence-corrected chi connectivity index (χ4v) is 2.10. The van der Waals surface area contributed by atoms with Crippen LogP contribution in [-0.4, -0.2) is 13.1 Å². The van der Waals surface area contributed by atoms with Crippen LogP contribution in [0.1, 0.15) is 39.7 Å². The molecule has 0 amide bonds. The summed E-state index contributed by atoms with van der Waals surface area (Å²) in [4.78, 5) is 0. The summed E-state index contributed by atoms with van der Waals surface area (Å²) in [5.74, 6) is -0.357. The predicted molar refractivity (Wildman–Crippen MR) is 76.2 cm³/mol. The Balaban J connectivity index is 2.68. The number of nitrogens with one attached hydrogen (secondary N) is 1. The van der Waals surface area contributed by atoms with Crippen molar-refractivity contribution >= 4 is 0 Å². The maximum Gasteiger partial charge on any atom is 0.129 e. The van der Waals surface area contributed by atoms with Crippen LogP contribution in [0.2, 0.25) is 0 Å². The third-order valence-corrected chi connectivity index (χ3v) is 3.59. The Labute approximate surface area is 115 Å². The summed E-state index contributed by atoms with van der Waals surface area (Å²) in [5.41, 5.74) is 0.588. The first-order chi connectivity index (χ1) is 8.86. The average molecular weight is 269 g/mol. The highest BCUT2D eigenvalue weighted by molar-refractivity contribution is 5.20. The van der Waals surface area contributed by atoms with E-state index in [1.165, 1.54) is 6.07 Å². The van der Waals surface area contributed by atoms with Gasteiger partial charge in [-0.1, -0.05) is 33.8 Å². The van der Waals surface area contributed by atoms with E-state index >= 15 is 0 Å². The maximum atomic E-state index is 13.7. The van der Waals surface area contributed by atoms with E-state index in [1.807, 2.05) is 0 Å². The van der Waals surface area contributed by atoms with Crippen LogP contribution < -0.4 is 5.32 Å². The van der Waals surface area contributed by atoms with Crippen molar-refractivity contribution in [3.63, 3.8) is 0 Å². The van der Waals surface area contributed by atoms with Crippen LogP contribution in [0.5, 0.6) is 0 Å². The molecule has 1 unspecified atom stereocenters. The van der Waals surface area contributed by atoms with Crippen molar-refractivity contribution in [2.75, 3.05) is 13.1 Å². The molecule has 0 radical (unpaired) electrons. The Hall–Kier alpha value is -0.960. The molecule has 1 aromatic rings. The van der Waals surface area contributed by atoms with Gasteiger partial charge in [-0.05, 0) is 42.3 Å². The van der Waals surface area contributed by atoms with Gasteiger partial charge in [-0.3, -0.25) is 0 Å². The number of benzene rings is 1. The monoisotopic (exact) mass is 269 g/mol. The molecule has 0 heterocycles. The van der Waals surface area contributed by atoms with Gasteiger partial charge in [0.25, 0.3) is 0 Å². The SMILES string of the molecule is CCC(C)(CNCC(C)C)Cc1ccc(F)cc1F. The summed E-state index contributed by atoms with van der Waals surface area (Å²) in [6.07, 6.45) is 1.58. The molecule has 0 saturated heterocycles. The second-order valence-electron chi connectivity index (χ2n) is 6.10. The fourth-order valence-electron chi connectivity index (χ4n) is 2.10. The number of hydrogen-bond acceptors (Lipinski definition) is 1. The molecule has 108 valence electrons. The zero-order chi connectivity index (χ0) is 14.5. The minimum atomic E-state index is -0.516. The van der Waals surface area contributed by atoms with Crippen molar-refractivity contribution in [1.82, 2.24) is 5.32 Å². The number of hydrogen-bond donors (Lipinski definition) is 1. The molecule has 1 nitrogen and oxygen atoms in total. The molecule has 0 aliphatic rings. The molecule has 0 aliphatic heterocycles. The topological polar surface area (TPSA) is 12.0 Å². The summed E-state index contributed by atoms with van der Waals surface area (Å²) in [6, 6.07) is 3.85. The van der Waals surface area contributed by atoms with Gasteiger partial charge in [-0.15, -0.1) is 0 Å². The van der Waals surface area contributed by atoms with Gasteiger partial charge in [0.2, 0.25) is 0 Å². The first-order valence-electron chi connectivity index (χ1n) is 7.01. The molecule has 0 saturated carbocycles. The normalized spacial score (nSPS) is 14.7. The standard InChI is InChI=1S/C16H25F2N/c1-5-16(4,11-19-10-12(2)3)9-13-6-7-14(17)8-15(13)18/h6-8,12,19H,5,9-11H2,1-4H3. The van der Waals surface area contributed by atoms with E-state index in [0.717, 1.165) is 25.6 Å². The van der Waals surface area contributed by atoms with Crippen LogP contribution in [0, 0.1) is 23.0 Å². The minimum absolute atomic E-state index is 0.00639. The van der Waals surface area contributed by atoms with E-state index in [9.17, 15) is 8.78 Å². The second-order valence-corrected chi connectivity index (χ2v) is 6.10. The van der Waals surface area contributed by atoms with Crippen LogP contribution in [0.25, 0.3) is 0 Å². The fraction of sp³-hybridized carbons (Fsp3) is 0.625. The van der Waals surface area contributed by atoms with Crippen molar-refractivity contribution in [3.8, 4) is 0 Å². The molecule has 1 rings (SSSR count). The second kappa shape index (κ2) is 6.99. The van der Waals surface area contributed by atoms with Crippen LogP contribution >= 0.6 is 0 Å². The molecule has 0 bridgehead atoms. The summed E-state index contributed by atoms with van der Waals surface area (Å²) < 4.78 is 26.6. The molecular weight excluding hydrogens is 244 g/mol. The Morgan fingerprint density at radius 1 is 1.26 bits per heavy atom. The lowest BCUT2D eigenvalue weighted by Gasteiger charge is -2.29. The van der Waals surface area contributed by atoms with Gasteiger partial charge in [0, 0.05) is 12.6 Å². The highest BCUT2D eigenvalue weighted by Gasteiger charge is 2.23. The third-order valence-electron chi connectivity index (χ3n) is 3.59. The Bertz CT molecular complexity index is 404. The van der Waals surface area contributed by atoms with Gasteiger partial charge < -0.3 is 5.32 Å². The van der Waals surface area contributed by atoms with E-state index < -0.39 is 11.6 Å². The Morgan fingerprint density at radius 2 is 1.95 bits per heavy atom. The van der Waals surface area contributed by atoms with E-state index in [2.05, 4.69) is 33.0 Å². The molecular formula is C16H25F2N. The number of rotatable bonds is 7. The van der Waals surface area contributed by atoms with Gasteiger partial charge in [-0.2, -0.15) is 0 Å². The molecule has 1 N–H and O–H groups in total. The summed E-state index contributed by atoms with van der Waals surface area (Å²) in [7, 11) is 0. The number of halogens is 2. The minimum Gasteiger partial charge on any atom is -0.316 e. The zero-order valence-corrected chi connectivity index (χ0v) is 12.4. The molecule has 0 aromatic heterocycles. The quantitative estimate of drug-likeness (QED) is 0.783. The van der Waals surface area contributed by atoms with Gasteiger partial charge >= 0.3 is 0 Å². The largest absolute Gasteiger partial charge is 0.316 e. The Morgan fingerprint density at radius 3 is 2.47 bits per heavy atom. The summed E-state index contributed by atoms with van der Waals surface area (Å²) >= 11 is 0. The molecule has 3 heteroatoms. The van der Waals surface area contributed by atoms with Crippen molar-refractivity contribution in [2.45, 2.75) is 40.5 Å². The lowest BCUT2D eigenvalue weighted by Crippen LogP contribution is -2.35. The van der Waals surface area contributed by atoms with Gasteiger partial charge in [0.05, 0.1) is 0 Å². The highest BCUT2D eigenvalue weighted by Crippen LogP contribution is 2.27. The summed E-state index contributed by atoms with van der Waals surface area (Å²) in [5, 5.41) is 3.43. The molecule has 19 heavy (non-hydrogen) atoms. The first-order valence-corrected chi connectivity index (χ1v) is 7.01. The average Bonchev–Trinajstić information content (AvgIpc) is 2.32. The summed E-state index contributed by atoms with van der Waals surface area (Å²) in [6.45, 7) is 10.4. The van der Waals surface area contributed by atoms with Crippen molar-refractivity contribution in [2.24, 2.45) is 11.3 Å². The lowest BCUT2D eigenvalue weighted by atomic mass is 9.81. The van der Waals surface area contributed by atoms with Crippen molar-refractivity contribution in [1.29, 1.82) is 0 Å². The molecule has 0 fully saturated rings. The van der Waals surface area contributed by atoms with E-state index in [-0.39, 0.29) is 5.41 Å².